The van der Waals surface area contributed by atoms with Gasteiger partial charge in [-0.25, -0.2) is 9.78 Å². The Morgan fingerprint density at radius 2 is 2.18 bits per heavy atom. The summed E-state index contributed by atoms with van der Waals surface area (Å²) in [6.45, 7) is 0.502. The fourth-order valence-electron chi connectivity index (χ4n) is 2.05. The van der Waals surface area contributed by atoms with Crippen molar-refractivity contribution in [3.8, 4) is 0 Å². The number of H-pyrrole nitrogens is 2. The number of nitrogens with one attached hydrogen (secondary N) is 2. The van der Waals surface area contributed by atoms with Gasteiger partial charge in [-0.05, 0) is 12.1 Å². The van der Waals surface area contributed by atoms with Crippen LogP contribution in [0.2, 0.25) is 0 Å². The molecule has 3 aromatic rings. The van der Waals surface area contributed by atoms with E-state index in [2.05, 4.69) is 9.97 Å². The predicted octanol–water partition coefficient (Wildman–Crippen LogP) is 1.54. The van der Waals surface area contributed by atoms with E-state index >= 15 is 0 Å². The van der Waals surface area contributed by atoms with E-state index < -0.39 is 0 Å². The van der Waals surface area contributed by atoms with E-state index in [1.54, 1.807) is 10.9 Å². The molecule has 0 bridgehead atoms. The molecule has 5 heteroatoms. The fourth-order valence-corrected chi connectivity index (χ4v) is 2.24. The third kappa shape index (κ3) is 1.52. The van der Waals surface area contributed by atoms with Gasteiger partial charge in [0.05, 0.1) is 11.4 Å². The second kappa shape index (κ2) is 3.89. The molecule has 0 spiro atoms. The number of aryl methyl sites for hydroxylation is 1. The van der Waals surface area contributed by atoms with Gasteiger partial charge in [0.2, 0.25) is 6.33 Å². The molecule has 0 aliphatic carbocycles. The van der Waals surface area contributed by atoms with Gasteiger partial charge < -0.3 is 4.98 Å². The van der Waals surface area contributed by atoms with Crippen LogP contribution in [0.15, 0.2) is 35.4 Å². The molecule has 0 saturated carbocycles. The monoisotopic (exact) mass is 248 g/mol. The van der Waals surface area contributed by atoms with Crippen molar-refractivity contribution in [2.75, 3.05) is 5.88 Å². The predicted molar refractivity (Wildman–Crippen MR) is 67.3 cm³/mol. The molecule has 3 rings (SSSR count). The van der Waals surface area contributed by atoms with Crippen LogP contribution in [0.1, 0.15) is 0 Å². The van der Waals surface area contributed by atoms with Crippen molar-refractivity contribution in [1.82, 2.24) is 9.55 Å². The van der Waals surface area contributed by atoms with Crippen molar-refractivity contribution in [3.05, 3.63) is 40.9 Å². The summed E-state index contributed by atoms with van der Waals surface area (Å²) in [5.74, 6) is 0.416. The molecule has 0 fully saturated rings. The van der Waals surface area contributed by atoms with Crippen molar-refractivity contribution in [3.63, 3.8) is 0 Å². The van der Waals surface area contributed by atoms with Gasteiger partial charge in [0.25, 0.3) is 0 Å². The Bertz CT molecular complexity index is 744. The Morgan fingerprint density at radius 3 is 3.00 bits per heavy atom. The van der Waals surface area contributed by atoms with E-state index in [0.717, 1.165) is 16.4 Å². The van der Waals surface area contributed by atoms with Crippen LogP contribution < -0.4 is 10.5 Å². The van der Waals surface area contributed by atoms with Crippen molar-refractivity contribution in [1.29, 1.82) is 0 Å². The number of rotatable bonds is 2. The molecule has 0 aliphatic heterocycles. The van der Waals surface area contributed by atoms with Crippen LogP contribution in [-0.2, 0) is 6.54 Å². The molecule has 2 N–H and O–H groups in total. The summed E-state index contributed by atoms with van der Waals surface area (Å²) in [5.41, 5.74) is 2.35. The zero-order chi connectivity index (χ0) is 11.8. The van der Waals surface area contributed by atoms with E-state index in [4.69, 9.17) is 11.6 Å². The highest BCUT2D eigenvalue weighted by Crippen LogP contribution is 2.18. The molecule has 4 nitrogen and oxygen atoms in total. The lowest BCUT2D eigenvalue weighted by atomic mass is 10.2. The number of aromatic nitrogens is 3. The quantitative estimate of drug-likeness (QED) is 0.687. The van der Waals surface area contributed by atoms with E-state index in [0.29, 0.717) is 17.9 Å². The Morgan fingerprint density at radius 1 is 1.35 bits per heavy atom. The van der Waals surface area contributed by atoms with Crippen LogP contribution in [0, 0.1) is 0 Å². The SMILES string of the molecule is O=c1c2[nH]c3ccccc3c2[nH+]cn1CCCl. The van der Waals surface area contributed by atoms with Crippen molar-refractivity contribution < 1.29 is 4.98 Å². The normalized spacial score (nSPS) is 11.4. The van der Waals surface area contributed by atoms with Gasteiger partial charge in [-0.2, -0.15) is 4.57 Å². The van der Waals surface area contributed by atoms with Crippen LogP contribution in [0.3, 0.4) is 0 Å². The maximum Gasteiger partial charge on any atom is 0.361 e. The molecule has 0 radical (unpaired) electrons. The Hall–Kier alpha value is -1.81. The zero-order valence-electron chi connectivity index (χ0n) is 9.03. The van der Waals surface area contributed by atoms with Crippen LogP contribution >= 0.6 is 11.6 Å². The standard InChI is InChI=1S/C12H10ClN3O/c13-5-6-16-7-14-10-8-3-1-2-4-9(8)15-11(10)12(16)17/h1-4,7,15H,5-6H2/p+1. The third-order valence-corrected chi connectivity index (χ3v) is 3.04. The molecule has 2 heterocycles. The average Bonchev–Trinajstić information content (AvgIpc) is 2.73. The second-order valence-electron chi connectivity index (χ2n) is 3.88. The summed E-state index contributed by atoms with van der Waals surface area (Å²) in [4.78, 5) is 18.4. The first kappa shape index (κ1) is 10.4. The van der Waals surface area contributed by atoms with Gasteiger partial charge in [0.15, 0.2) is 11.0 Å². The first-order valence-corrected chi connectivity index (χ1v) is 5.92. The minimum Gasteiger partial charge on any atom is -0.345 e. The average molecular weight is 249 g/mol. The van der Waals surface area contributed by atoms with Crippen molar-refractivity contribution >= 4 is 33.5 Å². The van der Waals surface area contributed by atoms with Crippen LogP contribution in [0.5, 0.6) is 0 Å². The van der Waals surface area contributed by atoms with Crippen molar-refractivity contribution in [2.24, 2.45) is 0 Å². The molecule has 0 aliphatic rings. The summed E-state index contributed by atoms with van der Waals surface area (Å²) < 4.78 is 1.57. The highest BCUT2D eigenvalue weighted by Gasteiger charge is 2.14. The number of alkyl halides is 1. The van der Waals surface area contributed by atoms with Gasteiger partial charge in [-0.1, -0.05) is 12.1 Å². The number of halogens is 1. The van der Waals surface area contributed by atoms with E-state index in [-0.39, 0.29) is 5.56 Å². The minimum absolute atomic E-state index is 0.0457. The minimum atomic E-state index is -0.0457. The van der Waals surface area contributed by atoms with Crippen LogP contribution in [0.4, 0.5) is 0 Å². The number of hydrogen-bond donors (Lipinski definition) is 1. The molecular weight excluding hydrogens is 238 g/mol. The van der Waals surface area contributed by atoms with Gasteiger partial charge in [-0.3, -0.25) is 0 Å². The number of fused-ring (bicyclic) bond motifs is 3. The van der Waals surface area contributed by atoms with Gasteiger partial charge in [0.1, 0.15) is 6.54 Å². The molecule has 1 aromatic carbocycles. The molecule has 0 atom stereocenters. The Labute approximate surface area is 102 Å². The molecule has 17 heavy (non-hydrogen) atoms. The van der Waals surface area contributed by atoms with Gasteiger partial charge in [0, 0.05) is 5.39 Å². The first-order valence-electron chi connectivity index (χ1n) is 5.39. The lowest BCUT2D eigenvalue weighted by Gasteiger charge is -1.93. The second-order valence-corrected chi connectivity index (χ2v) is 4.26. The Balaban J connectivity index is 2.41. The number of benzene rings is 1. The Kier molecular flexibility index (Phi) is 2.37. The van der Waals surface area contributed by atoms with E-state index in [9.17, 15) is 4.79 Å². The summed E-state index contributed by atoms with van der Waals surface area (Å²) in [5, 5.41) is 1.03. The highest BCUT2D eigenvalue weighted by molar-refractivity contribution is 6.17. The molecule has 86 valence electrons. The van der Waals surface area contributed by atoms with Gasteiger partial charge >= 0.3 is 5.56 Å². The lowest BCUT2D eigenvalue weighted by Crippen LogP contribution is -2.26. The molecule has 0 amide bonds. The topological polar surface area (TPSA) is 51.9 Å². The number of aromatic amines is 2. The summed E-state index contributed by atoms with van der Waals surface area (Å²) >= 11 is 5.65. The molecule has 2 aromatic heterocycles. The first-order chi connectivity index (χ1) is 8.31. The smallest absolute Gasteiger partial charge is 0.345 e. The number of para-hydroxylation sites is 1. The van der Waals surface area contributed by atoms with Gasteiger partial charge in [-0.15, -0.1) is 11.6 Å². The third-order valence-electron chi connectivity index (χ3n) is 2.87. The largest absolute Gasteiger partial charge is 0.361 e. The molecule has 0 unspecified atom stereocenters. The van der Waals surface area contributed by atoms with E-state index in [1.165, 1.54) is 0 Å². The summed E-state index contributed by atoms with van der Waals surface area (Å²) in [7, 11) is 0. The number of nitrogens with zero attached hydrogens (tertiary/aromatic N) is 1. The molecular formula is C12H11ClN3O+. The number of hydrogen-bond acceptors (Lipinski definition) is 1. The van der Waals surface area contributed by atoms with Crippen LogP contribution in [0.25, 0.3) is 21.9 Å². The summed E-state index contributed by atoms with van der Waals surface area (Å²) in [6, 6.07) is 7.83. The van der Waals surface area contributed by atoms with Crippen molar-refractivity contribution in [2.45, 2.75) is 6.54 Å². The maximum absolute atomic E-state index is 12.1. The maximum atomic E-state index is 12.1. The zero-order valence-corrected chi connectivity index (χ0v) is 9.79. The molecule has 0 saturated heterocycles. The highest BCUT2D eigenvalue weighted by atomic mass is 35.5. The summed E-state index contributed by atoms with van der Waals surface area (Å²) in [6.07, 6.45) is 1.67. The fraction of sp³-hybridized carbons (Fsp3) is 0.167. The van der Waals surface area contributed by atoms with Crippen LogP contribution in [-0.4, -0.2) is 15.4 Å². The lowest BCUT2D eigenvalue weighted by molar-refractivity contribution is -0.352. The van der Waals surface area contributed by atoms with E-state index in [1.807, 2.05) is 24.3 Å².